The third kappa shape index (κ3) is 4.23. The molecule has 1 N–H and O–H groups in total. The van der Waals surface area contributed by atoms with E-state index in [0.717, 1.165) is 31.5 Å². The summed E-state index contributed by atoms with van der Waals surface area (Å²) in [5, 5.41) is 3.41. The van der Waals surface area contributed by atoms with Gasteiger partial charge in [0, 0.05) is 26.7 Å². The SMILES string of the molecule is COCCNCCCCN1CC2CCCC2C1. The zero-order chi connectivity index (χ0) is 11.9. The standard InChI is InChI=1S/C14H28N2O/c1-17-10-8-15-7-2-3-9-16-11-13-5-4-6-14(13)12-16/h13-15H,2-12H2,1H3. The van der Waals surface area contributed by atoms with Gasteiger partial charge in [0.2, 0.25) is 0 Å². The molecule has 1 saturated heterocycles. The number of fused-ring (bicyclic) bond motifs is 1. The summed E-state index contributed by atoms with van der Waals surface area (Å²) in [5.74, 6) is 2.10. The van der Waals surface area contributed by atoms with Crippen molar-refractivity contribution >= 4 is 0 Å². The van der Waals surface area contributed by atoms with E-state index in [1.54, 1.807) is 7.11 Å². The first-order valence-electron chi connectivity index (χ1n) is 7.32. The Morgan fingerprint density at radius 3 is 2.59 bits per heavy atom. The highest BCUT2D eigenvalue weighted by Crippen LogP contribution is 2.37. The van der Waals surface area contributed by atoms with Crippen molar-refractivity contribution in [3.63, 3.8) is 0 Å². The fourth-order valence-electron chi connectivity index (χ4n) is 3.40. The number of nitrogens with one attached hydrogen (secondary N) is 1. The van der Waals surface area contributed by atoms with Gasteiger partial charge in [-0.05, 0) is 50.6 Å². The van der Waals surface area contributed by atoms with E-state index in [9.17, 15) is 0 Å². The van der Waals surface area contributed by atoms with E-state index in [1.807, 2.05) is 0 Å². The first-order valence-corrected chi connectivity index (χ1v) is 7.32. The van der Waals surface area contributed by atoms with Gasteiger partial charge < -0.3 is 15.0 Å². The van der Waals surface area contributed by atoms with E-state index < -0.39 is 0 Å². The summed E-state index contributed by atoms with van der Waals surface area (Å²) in [6.07, 6.45) is 7.14. The van der Waals surface area contributed by atoms with Crippen molar-refractivity contribution in [1.29, 1.82) is 0 Å². The second-order valence-electron chi connectivity index (χ2n) is 5.66. The Morgan fingerprint density at radius 2 is 1.88 bits per heavy atom. The largest absolute Gasteiger partial charge is 0.383 e. The lowest BCUT2D eigenvalue weighted by Crippen LogP contribution is -2.25. The molecular weight excluding hydrogens is 212 g/mol. The van der Waals surface area contributed by atoms with Crippen molar-refractivity contribution in [3.05, 3.63) is 0 Å². The lowest BCUT2D eigenvalue weighted by molar-refractivity contribution is 0.199. The van der Waals surface area contributed by atoms with Gasteiger partial charge in [-0.3, -0.25) is 0 Å². The van der Waals surface area contributed by atoms with Crippen molar-refractivity contribution in [3.8, 4) is 0 Å². The van der Waals surface area contributed by atoms with Gasteiger partial charge >= 0.3 is 0 Å². The summed E-state index contributed by atoms with van der Waals surface area (Å²) in [6, 6.07) is 0. The fourth-order valence-corrected chi connectivity index (χ4v) is 3.40. The van der Waals surface area contributed by atoms with Gasteiger partial charge in [-0.25, -0.2) is 0 Å². The number of unbranched alkanes of at least 4 members (excludes halogenated alkanes) is 1. The van der Waals surface area contributed by atoms with Crippen LogP contribution in [0.5, 0.6) is 0 Å². The molecule has 2 unspecified atom stereocenters. The molecule has 2 fully saturated rings. The lowest BCUT2D eigenvalue weighted by atomic mass is 10.0. The van der Waals surface area contributed by atoms with Crippen molar-refractivity contribution in [2.24, 2.45) is 11.8 Å². The number of likely N-dealkylation sites (tertiary alicyclic amines) is 1. The molecule has 0 spiro atoms. The second kappa shape index (κ2) is 7.34. The van der Waals surface area contributed by atoms with E-state index in [-0.39, 0.29) is 0 Å². The predicted octanol–water partition coefficient (Wildman–Crippen LogP) is 1.73. The molecule has 3 heteroatoms. The summed E-state index contributed by atoms with van der Waals surface area (Å²) in [5.41, 5.74) is 0. The molecule has 2 atom stereocenters. The molecule has 0 bridgehead atoms. The zero-order valence-electron chi connectivity index (χ0n) is 11.3. The zero-order valence-corrected chi connectivity index (χ0v) is 11.3. The van der Waals surface area contributed by atoms with Crippen LogP contribution in [0, 0.1) is 11.8 Å². The highest BCUT2D eigenvalue weighted by Gasteiger charge is 2.35. The second-order valence-corrected chi connectivity index (χ2v) is 5.66. The van der Waals surface area contributed by atoms with Gasteiger partial charge in [-0.2, -0.15) is 0 Å². The average molecular weight is 240 g/mol. The quantitative estimate of drug-likeness (QED) is 0.654. The molecule has 3 nitrogen and oxygen atoms in total. The van der Waals surface area contributed by atoms with Crippen LogP contribution in [0.1, 0.15) is 32.1 Å². The molecule has 1 aliphatic carbocycles. The lowest BCUT2D eigenvalue weighted by Gasteiger charge is -2.16. The minimum absolute atomic E-state index is 0.829. The van der Waals surface area contributed by atoms with Crippen LogP contribution in [0.2, 0.25) is 0 Å². The van der Waals surface area contributed by atoms with Crippen molar-refractivity contribution in [2.45, 2.75) is 32.1 Å². The van der Waals surface area contributed by atoms with Crippen molar-refractivity contribution in [1.82, 2.24) is 10.2 Å². The van der Waals surface area contributed by atoms with Gasteiger partial charge in [0.1, 0.15) is 0 Å². The van der Waals surface area contributed by atoms with Crippen molar-refractivity contribution in [2.75, 3.05) is 46.4 Å². The summed E-state index contributed by atoms with van der Waals surface area (Å²) in [7, 11) is 1.76. The molecule has 100 valence electrons. The van der Waals surface area contributed by atoms with Crippen LogP contribution in [0.3, 0.4) is 0 Å². The van der Waals surface area contributed by atoms with Crippen molar-refractivity contribution < 1.29 is 4.74 Å². The maximum atomic E-state index is 5.00. The van der Waals surface area contributed by atoms with E-state index in [4.69, 9.17) is 4.74 Å². The maximum Gasteiger partial charge on any atom is 0.0587 e. The predicted molar refractivity (Wildman–Crippen MR) is 71.3 cm³/mol. The van der Waals surface area contributed by atoms with Gasteiger partial charge in [-0.15, -0.1) is 0 Å². The van der Waals surface area contributed by atoms with E-state index >= 15 is 0 Å². The molecule has 2 aliphatic rings. The molecule has 0 aromatic rings. The Labute approximate surface area is 106 Å². The first kappa shape index (κ1) is 13.3. The van der Waals surface area contributed by atoms with Gasteiger partial charge in [0.25, 0.3) is 0 Å². The maximum absolute atomic E-state index is 5.00. The third-order valence-electron chi connectivity index (χ3n) is 4.36. The number of nitrogens with zero attached hydrogens (tertiary/aromatic N) is 1. The van der Waals surface area contributed by atoms with Gasteiger partial charge in [-0.1, -0.05) is 6.42 Å². The molecule has 17 heavy (non-hydrogen) atoms. The smallest absolute Gasteiger partial charge is 0.0587 e. The van der Waals surface area contributed by atoms with Crippen LogP contribution in [0.25, 0.3) is 0 Å². The van der Waals surface area contributed by atoms with Crippen LogP contribution < -0.4 is 5.32 Å². The highest BCUT2D eigenvalue weighted by atomic mass is 16.5. The number of hydrogen-bond acceptors (Lipinski definition) is 3. The topological polar surface area (TPSA) is 24.5 Å². The van der Waals surface area contributed by atoms with Crippen LogP contribution in [-0.2, 0) is 4.74 Å². The summed E-state index contributed by atoms with van der Waals surface area (Å²) in [6.45, 7) is 7.06. The molecule has 1 saturated carbocycles. The van der Waals surface area contributed by atoms with Crippen LogP contribution in [0.4, 0.5) is 0 Å². The monoisotopic (exact) mass is 240 g/mol. The minimum Gasteiger partial charge on any atom is -0.383 e. The molecule has 2 rings (SSSR count). The molecule has 1 aliphatic heterocycles. The third-order valence-corrected chi connectivity index (χ3v) is 4.36. The molecule has 0 aromatic heterocycles. The highest BCUT2D eigenvalue weighted by molar-refractivity contribution is 4.88. The van der Waals surface area contributed by atoms with Gasteiger partial charge in [0.05, 0.1) is 6.61 Å². The summed E-state index contributed by atoms with van der Waals surface area (Å²) >= 11 is 0. The first-order chi connectivity index (χ1) is 8.40. The number of ether oxygens (including phenoxy) is 1. The van der Waals surface area contributed by atoms with E-state index in [1.165, 1.54) is 51.7 Å². The Hall–Kier alpha value is -0.120. The molecule has 0 amide bonds. The molecular formula is C14H28N2O. The molecule has 0 radical (unpaired) electrons. The summed E-state index contributed by atoms with van der Waals surface area (Å²) in [4.78, 5) is 2.70. The number of rotatable bonds is 8. The van der Waals surface area contributed by atoms with Crippen LogP contribution in [-0.4, -0.2) is 51.3 Å². The van der Waals surface area contributed by atoms with E-state index in [2.05, 4.69) is 10.2 Å². The number of methoxy groups -OCH3 is 1. The Morgan fingerprint density at radius 1 is 1.12 bits per heavy atom. The average Bonchev–Trinajstić information content (AvgIpc) is 2.88. The molecule has 0 aromatic carbocycles. The normalized spacial score (nSPS) is 28.8. The van der Waals surface area contributed by atoms with Gasteiger partial charge in [0.15, 0.2) is 0 Å². The Bertz CT molecular complexity index is 198. The number of hydrogen-bond donors (Lipinski definition) is 1. The fraction of sp³-hybridized carbons (Fsp3) is 1.00. The molecule has 1 heterocycles. The Kier molecular flexibility index (Phi) is 5.75. The van der Waals surface area contributed by atoms with E-state index in [0.29, 0.717) is 0 Å². The summed E-state index contributed by atoms with van der Waals surface area (Å²) < 4.78 is 5.00. The van der Waals surface area contributed by atoms with Crippen LogP contribution >= 0.6 is 0 Å². The Balaban J connectivity index is 1.44. The van der Waals surface area contributed by atoms with Crippen LogP contribution in [0.15, 0.2) is 0 Å². The minimum atomic E-state index is 0.829.